The second-order valence-electron chi connectivity index (χ2n) is 5.91. The van der Waals surface area contributed by atoms with E-state index in [0.717, 1.165) is 62.1 Å². The number of carbonyl (C=O) groups excluding carboxylic acids is 1. The number of hydrogen-bond acceptors (Lipinski definition) is 4. The molecule has 5 nitrogen and oxygen atoms in total. The van der Waals surface area contributed by atoms with Gasteiger partial charge in [-0.15, -0.1) is 0 Å². The Labute approximate surface area is 136 Å². The molecule has 1 amide bonds. The summed E-state index contributed by atoms with van der Waals surface area (Å²) in [5, 5.41) is 3.88. The molecule has 0 aromatic heterocycles. The minimum atomic E-state index is 0.194. The fourth-order valence-electron chi connectivity index (χ4n) is 2.96. The van der Waals surface area contributed by atoms with E-state index < -0.39 is 0 Å². The number of carbonyl (C=O) groups is 1. The lowest BCUT2D eigenvalue weighted by molar-refractivity contribution is -0.138. The number of halogens is 1. The molecule has 2 fully saturated rings. The number of hydrogen-bond donors (Lipinski definition) is 1. The molecule has 1 aromatic rings. The van der Waals surface area contributed by atoms with E-state index in [1.807, 2.05) is 23.1 Å². The van der Waals surface area contributed by atoms with Crippen molar-refractivity contribution in [2.75, 3.05) is 46.4 Å². The number of amides is 1. The second-order valence-corrected chi connectivity index (χ2v) is 6.35. The van der Waals surface area contributed by atoms with Crippen molar-refractivity contribution >= 4 is 17.5 Å². The van der Waals surface area contributed by atoms with Gasteiger partial charge < -0.3 is 15.0 Å². The zero-order valence-corrected chi connectivity index (χ0v) is 13.6. The van der Waals surface area contributed by atoms with Gasteiger partial charge in [0, 0.05) is 56.4 Å². The van der Waals surface area contributed by atoms with Gasteiger partial charge in [-0.2, -0.15) is 0 Å². The number of piperazine rings is 1. The summed E-state index contributed by atoms with van der Waals surface area (Å²) in [5.41, 5.74) is 1.10. The molecule has 0 spiro atoms. The quantitative estimate of drug-likeness (QED) is 0.905. The predicted molar refractivity (Wildman–Crippen MR) is 86.2 cm³/mol. The molecule has 0 bridgehead atoms. The molecule has 2 heterocycles. The molecular formula is C16H22ClN3O2. The molecule has 0 aliphatic carbocycles. The van der Waals surface area contributed by atoms with Crippen LogP contribution >= 0.6 is 11.6 Å². The largest absolute Gasteiger partial charge is 0.496 e. The number of nitrogens with one attached hydrogen (secondary N) is 1. The molecular weight excluding hydrogens is 302 g/mol. The Morgan fingerprint density at radius 2 is 2.05 bits per heavy atom. The second kappa shape index (κ2) is 6.86. The van der Waals surface area contributed by atoms with Crippen LogP contribution in [0.1, 0.15) is 5.56 Å². The maximum absolute atomic E-state index is 12.2. The Bertz CT molecular complexity index is 540. The van der Waals surface area contributed by atoms with Gasteiger partial charge in [0.2, 0.25) is 5.91 Å². The Morgan fingerprint density at radius 1 is 1.32 bits per heavy atom. The molecule has 1 N–H and O–H groups in total. The molecule has 0 saturated carbocycles. The Morgan fingerprint density at radius 3 is 2.64 bits per heavy atom. The van der Waals surface area contributed by atoms with E-state index in [2.05, 4.69) is 10.2 Å². The molecule has 0 unspecified atom stereocenters. The lowest BCUT2D eigenvalue weighted by Crippen LogP contribution is -2.56. The minimum Gasteiger partial charge on any atom is -0.496 e. The molecule has 22 heavy (non-hydrogen) atoms. The van der Waals surface area contributed by atoms with Crippen LogP contribution in [0.3, 0.4) is 0 Å². The van der Waals surface area contributed by atoms with Crippen LogP contribution in [0.4, 0.5) is 0 Å². The number of rotatable bonds is 4. The first-order valence-electron chi connectivity index (χ1n) is 7.71. The van der Waals surface area contributed by atoms with Crippen LogP contribution in [-0.2, 0) is 11.3 Å². The van der Waals surface area contributed by atoms with Gasteiger partial charge >= 0.3 is 0 Å². The summed E-state index contributed by atoms with van der Waals surface area (Å²) in [6.45, 7) is 5.85. The van der Waals surface area contributed by atoms with E-state index in [4.69, 9.17) is 16.3 Å². The summed E-state index contributed by atoms with van der Waals surface area (Å²) >= 11 is 6.08. The van der Waals surface area contributed by atoms with E-state index in [9.17, 15) is 4.79 Å². The summed E-state index contributed by atoms with van der Waals surface area (Å²) in [6.07, 6.45) is 0. The average molecular weight is 324 g/mol. The topological polar surface area (TPSA) is 44.8 Å². The number of ether oxygens (including phenoxy) is 1. The van der Waals surface area contributed by atoms with Crippen molar-refractivity contribution in [1.82, 2.24) is 15.1 Å². The standard InChI is InChI=1S/C16H22ClN3O2/c1-22-15-3-2-14(17)8-12(15)11-19-4-6-20(7-5-19)16(21)13-9-18-10-13/h2-3,8,13,18H,4-7,9-11H2,1H3. The van der Waals surface area contributed by atoms with Gasteiger partial charge in [-0.1, -0.05) is 11.6 Å². The van der Waals surface area contributed by atoms with Crippen molar-refractivity contribution in [3.8, 4) is 5.75 Å². The first-order valence-corrected chi connectivity index (χ1v) is 8.09. The maximum atomic E-state index is 12.2. The summed E-state index contributed by atoms with van der Waals surface area (Å²) in [4.78, 5) is 16.6. The number of benzene rings is 1. The van der Waals surface area contributed by atoms with E-state index in [1.54, 1.807) is 7.11 Å². The molecule has 0 atom stereocenters. The van der Waals surface area contributed by atoms with E-state index in [-0.39, 0.29) is 5.92 Å². The van der Waals surface area contributed by atoms with Gasteiger partial charge in [0.25, 0.3) is 0 Å². The van der Waals surface area contributed by atoms with Gasteiger partial charge in [0.05, 0.1) is 13.0 Å². The van der Waals surface area contributed by atoms with Crippen LogP contribution in [0.25, 0.3) is 0 Å². The lowest BCUT2D eigenvalue weighted by Gasteiger charge is -2.38. The molecule has 0 radical (unpaired) electrons. The fourth-order valence-corrected chi connectivity index (χ4v) is 3.15. The van der Waals surface area contributed by atoms with Gasteiger partial charge in [-0.25, -0.2) is 0 Å². The van der Waals surface area contributed by atoms with Gasteiger partial charge in [-0.05, 0) is 18.2 Å². The van der Waals surface area contributed by atoms with Crippen molar-refractivity contribution in [1.29, 1.82) is 0 Å². The van der Waals surface area contributed by atoms with Gasteiger partial charge in [0.1, 0.15) is 5.75 Å². The zero-order chi connectivity index (χ0) is 15.5. The number of methoxy groups -OCH3 is 1. The SMILES string of the molecule is COc1ccc(Cl)cc1CN1CCN(C(=O)C2CNC2)CC1. The van der Waals surface area contributed by atoms with E-state index in [1.165, 1.54) is 0 Å². The van der Waals surface area contributed by atoms with E-state index in [0.29, 0.717) is 5.91 Å². The highest BCUT2D eigenvalue weighted by atomic mass is 35.5. The third-order valence-corrected chi connectivity index (χ3v) is 4.69. The molecule has 3 rings (SSSR count). The van der Waals surface area contributed by atoms with Crippen molar-refractivity contribution in [2.24, 2.45) is 5.92 Å². The highest BCUT2D eigenvalue weighted by Gasteiger charge is 2.31. The van der Waals surface area contributed by atoms with Crippen LogP contribution < -0.4 is 10.1 Å². The molecule has 1 aromatic carbocycles. The molecule has 2 aliphatic heterocycles. The first-order chi connectivity index (χ1) is 10.7. The third kappa shape index (κ3) is 3.37. The Kier molecular flexibility index (Phi) is 4.86. The van der Waals surface area contributed by atoms with Crippen molar-refractivity contribution in [2.45, 2.75) is 6.54 Å². The third-order valence-electron chi connectivity index (χ3n) is 4.45. The smallest absolute Gasteiger partial charge is 0.228 e. The molecule has 2 saturated heterocycles. The Hall–Kier alpha value is -1.30. The van der Waals surface area contributed by atoms with Crippen LogP contribution in [-0.4, -0.2) is 62.1 Å². The highest BCUT2D eigenvalue weighted by Crippen LogP contribution is 2.24. The molecule has 120 valence electrons. The van der Waals surface area contributed by atoms with Crippen molar-refractivity contribution in [3.63, 3.8) is 0 Å². The average Bonchev–Trinajstić information content (AvgIpc) is 2.46. The van der Waals surface area contributed by atoms with Crippen LogP contribution in [0, 0.1) is 5.92 Å². The van der Waals surface area contributed by atoms with Crippen molar-refractivity contribution in [3.05, 3.63) is 28.8 Å². The summed E-state index contributed by atoms with van der Waals surface area (Å²) in [5.74, 6) is 1.36. The maximum Gasteiger partial charge on any atom is 0.228 e. The van der Waals surface area contributed by atoms with E-state index >= 15 is 0 Å². The predicted octanol–water partition coefficient (Wildman–Crippen LogP) is 1.21. The normalized spacial score (nSPS) is 19.8. The molecule has 2 aliphatic rings. The van der Waals surface area contributed by atoms with Gasteiger partial charge in [-0.3, -0.25) is 9.69 Å². The highest BCUT2D eigenvalue weighted by molar-refractivity contribution is 6.30. The monoisotopic (exact) mass is 323 g/mol. The summed E-state index contributed by atoms with van der Waals surface area (Å²) in [6, 6.07) is 5.70. The van der Waals surface area contributed by atoms with Crippen molar-refractivity contribution < 1.29 is 9.53 Å². The summed E-state index contributed by atoms with van der Waals surface area (Å²) in [7, 11) is 1.68. The van der Waals surface area contributed by atoms with Gasteiger partial charge in [0.15, 0.2) is 0 Å². The first kappa shape index (κ1) is 15.6. The van der Waals surface area contributed by atoms with Crippen LogP contribution in [0.5, 0.6) is 5.75 Å². The minimum absolute atomic E-state index is 0.194. The summed E-state index contributed by atoms with van der Waals surface area (Å²) < 4.78 is 5.40. The molecule has 6 heteroatoms. The lowest BCUT2D eigenvalue weighted by atomic mass is 10.0. The van der Waals surface area contributed by atoms with Crippen LogP contribution in [0.2, 0.25) is 5.02 Å². The van der Waals surface area contributed by atoms with Crippen LogP contribution in [0.15, 0.2) is 18.2 Å². The zero-order valence-electron chi connectivity index (χ0n) is 12.8. The fraction of sp³-hybridized carbons (Fsp3) is 0.562. The Balaban J connectivity index is 1.55. The number of nitrogens with zero attached hydrogens (tertiary/aromatic N) is 2.